The third kappa shape index (κ3) is 29.2. The second-order valence-electron chi connectivity index (χ2n) is 11.4. The van der Waals surface area contributed by atoms with Gasteiger partial charge in [-0.15, -0.1) is 0 Å². The Morgan fingerprint density at radius 3 is 1.93 bits per heavy atom. The third-order valence-electron chi connectivity index (χ3n) is 7.19. The minimum absolute atomic E-state index is 0.0751. The summed E-state index contributed by atoms with van der Waals surface area (Å²) in [5, 5.41) is 13.5. The van der Waals surface area contributed by atoms with Crippen molar-refractivity contribution >= 4 is 13.7 Å². The largest absolute Gasteiger partial charge is 0.472 e. The topological polar surface area (TPSA) is 131 Å². The van der Waals surface area contributed by atoms with Crippen molar-refractivity contribution in [2.24, 2.45) is 5.73 Å². The smallest absolute Gasteiger partial charge is 0.387 e. The van der Waals surface area contributed by atoms with Crippen molar-refractivity contribution in [2.45, 2.75) is 154 Å². The fraction of sp³-hybridized carbons (Fsp3) is 0.794. The van der Waals surface area contributed by atoms with Crippen molar-refractivity contribution in [3.63, 3.8) is 0 Å². The fourth-order valence-electron chi connectivity index (χ4n) is 4.58. The number of phosphoric acid groups is 1. The molecule has 0 aromatic rings. The van der Waals surface area contributed by atoms with Crippen molar-refractivity contribution in [2.75, 3.05) is 19.8 Å². The van der Waals surface area contributed by atoms with Crippen LogP contribution in [0.2, 0.25) is 0 Å². The average molecular weight is 629 g/mol. The minimum atomic E-state index is -4.33. The highest BCUT2D eigenvalue weighted by molar-refractivity contribution is 7.47. The van der Waals surface area contributed by atoms with Crippen LogP contribution in [0.5, 0.6) is 0 Å². The predicted octanol–water partition coefficient (Wildman–Crippen LogP) is 8.43. The summed E-state index contributed by atoms with van der Waals surface area (Å²) >= 11 is 0. The number of allylic oxidation sites excluding steroid dienone is 5. The number of nitrogens with two attached hydrogens (primary N) is 1. The molecule has 0 aliphatic heterocycles. The summed E-state index contributed by atoms with van der Waals surface area (Å²) in [6.45, 7) is 4.01. The zero-order valence-electron chi connectivity index (χ0n) is 27.4. The monoisotopic (exact) mass is 628 g/mol. The highest BCUT2D eigenvalue weighted by atomic mass is 31.2. The van der Waals surface area contributed by atoms with E-state index in [0.717, 1.165) is 70.6 Å². The number of rotatable bonds is 31. The van der Waals surface area contributed by atoms with E-state index in [-0.39, 0.29) is 25.7 Å². The van der Waals surface area contributed by atoms with Crippen LogP contribution in [0.4, 0.5) is 0 Å². The summed E-state index contributed by atoms with van der Waals surface area (Å²) in [5.74, 6) is -0.213. The number of amides is 1. The summed E-state index contributed by atoms with van der Waals surface area (Å²) < 4.78 is 21.9. The molecule has 0 aliphatic carbocycles. The Bertz CT molecular complexity index is 774. The molecular weight excluding hydrogens is 563 g/mol. The SMILES string of the molecule is CCC/C=C\C/C=C\CCCCCCCC(=O)NC(COP(=O)(O)OCCN)C(O)/C=C/CCCCCCCCCCC. The van der Waals surface area contributed by atoms with Crippen molar-refractivity contribution in [3.8, 4) is 0 Å². The van der Waals surface area contributed by atoms with Crippen LogP contribution < -0.4 is 11.1 Å². The number of phosphoric ester groups is 1. The summed E-state index contributed by atoms with van der Waals surface area (Å²) in [5.41, 5.74) is 5.34. The Balaban J connectivity index is 4.42. The maximum absolute atomic E-state index is 12.6. The summed E-state index contributed by atoms with van der Waals surface area (Å²) in [6.07, 6.45) is 33.3. The van der Waals surface area contributed by atoms with E-state index in [1.807, 2.05) is 6.08 Å². The lowest BCUT2D eigenvalue weighted by Gasteiger charge is -2.23. The number of hydrogen-bond acceptors (Lipinski definition) is 6. The Hall–Kier alpha value is -1.28. The third-order valence-corrected chi connectivity index (χ3v) is 8.18. The quantitative estimate of drug-likeness (QED) is 0.0344. The second-order valence-corrected chi connectivity index (χ2v) is 12.8. The lowest BCUT2D eigenvalue weighted by atomic mass is 10.1. The first-order valence-electron chi connectivity index (χ1n) is 17.1. The van der Waals surface area contributed by atoms with Gasteiger partial charge in [-0.2, -0.15) is 0 Å². The van der Waals surface area contributed by atoms with Gasteiger partial charge in [0.1, 0.15) is 0 Å². The molecule has 0 saturated carbocycles. The molecule has 0 bridgehead atoms. The van der Waals surface area contributed by atoms with Gasteiger partial charge >= 0.3 is 7.82 Å². The van der Waals surface area contributed by atoms with E-state index < -0.39 is 20.0 Å². The van der Waals surface area contributed by atoms with Gasteiger partial charge in [-0.25, -0.2) is 4.57 Å². The number of unbranched alkanes of at least 4 members (excludes halogenated alkanes) is 15. The Morgan fingerprint density at radius 1 is 0.767 bits per heavy atom. The van der Waals surface area contributed by atoms with Gasteiger partial charge in [0.15, 0.2) is 0 Å². The van der Waals surface area contributed by atoms with Crippen LogP contribution in [-0.2, 0) is 18.4 Å². The van der Waals surface area contributed by atoms with Gasteiger partial charge < -0.3 is 21.1 Å². The van der Waals surface area contributed by atoms with Gasteiger partial charge in [-0.1, -0.05) is 127 Å². The Labute approximate surface area is 263 Å². The van der Waals surface area contributed by atoms with Gasteiger partial charge in [-0.3, -0.25) is 13.8 Å². The lowest BCUT2D eigenvalue weighted by Crippen LogP contribution is -2.45. The molecule has 0 radical (unpaired) electrons. The molecule has 0 rings (SSSR count). The number of aliphatic hydroxyl groups is 1. The van der Waals surface area contributed by atoms with E-state index in [1.54, 1.807) is 6.08 Å². The summed E-state index contributed by atoms with van der Waals surface area (Å²) in [6, 6.07) is -0.863. The fourth-order valence-corrected chi connectivity index (χ4v) is 5.34. The van der Waals surface area contributed by atoms with Crippen LogP contribution in [0.1, 0.15) is 142 Å². The number of hydrogen-bond donors (Lipinski definition) is 4. The molecule has 9 heteroatoms. The Morgan fingerprint density at radius 2 is 1.33 bits per heavy atom. The molecule has 3 unspecified atom stereocenters. The Kier molecular flexibility index (Phi) is 29.8. The molecule has 0 aliphatic rings. The first kappa shape index (κ1) is 41.7. The second kappa shape index (κ2) is 30.7. The van der Waals surface area contributed by atoms with E-state index in [0.29, 0.717) is 6.42 Å². The standard InChI is InChI=1S/C34H65N2O6P/c1-3-5-7-9-11-13-15-16-18-20-22-24-26-28-34(38)36-32(31-42-43(39,40)41-30-29-35)33(37)27-25-23-21-19-17-14-12-10-8-6-4-2/h7,9,13,15,25,27,32-33,37H,3-6,8,10-12,14,16-24,26,28-31,35H2,1-2H3,(H,36,38)(H,39,40)/b9-7-,15-13-,27-25+. The molecule has 0 spiro atoms. The first-order valence-corrected chi connectivity index (χ1v) is 18.6. The van der Waals surface area contributed by atoms with E-state index in [2.05, 4.69) is 43.5 Å². The van der Waals surface area contributed by atoms with Gasteiger partial charge in [0.25, 0.3) is 0 Å². The number of nitrogens with one attached hydrogen (secondary N) is 1. The number of aliphatic hydroxyl groups excluding tert-OH is 1. The van der Waals surface area contributed by atoms with Crippen LogP contribution in [0.15, 0.2) is 36.5 Å². The van der Waals surface area contributed by atoms with Crippen molar-refractivity contribution in [3.05, 3.63) is 36.5 Å². The van der Waals surface area contributed by atoms with Crippen LogP contribution >= 0.6 is 7.82 Å². The van der Waals surface area contributed by atoms with Gasteiger partial charge in [0.2, 0.25) is 5.91 Å². The molecule has 252 valence electrons. The predicted molar refractivity (Wildman–Crippen MR) is 180 cm³/mol. The molecule has 3 atom stereocenters. The van der Waals surface area contributed by atoms with Crippen molar-refractivity contribution in [1.29, 1.82) is 0 Å². The molecule has 8 nitrogen and oxygen atoms in total. The minimum Gasteiger partial charge on any atom is -0.387 e. The highest BCUT2D eigenvalue weighted by Crippen LogP contribution is 2.43. The molecule has 5 N–H and O–H groups in total. The molecule has 0 aromatic heterocycles. The van der Waals surface area contributed by atoms with E-state index in [1.165, 1.54) is 51.4 Å². The van der Waals surface area contributed by atoms with E-state index in [4.69, 9.17) is 14.8 Å². The van der Waals surface area contributed by atoms with Crippen LogP contribution in [-0.4, -0.2) is 47.8 Å². The maximum Gasteiger partial charge on any atom is 0.472 e. The van der Waals surface area contributed by atoms with Gasteiger partial charge in [0.05, 0.1) is 25.4 Å². The maximum atomic E-state index is 12.6. The summed E-state index contributed by atoms with van der Waals surface area (Å²) in [4.78, 5) is 22.5. The van der Waals surface area contributed by atoms with Crippen LogP contribution in [0.25, 0.3) is 0 Å². The van der Waals surface area contributed by atoms with Crippen LogP contribution in [0, 0.1) is 0 Å². The molecule has 0 aromatic carbocycles. The lowest BCUT2D eigenvalue weighted by molar-refractivity contribution is -0.123. The number of carbonyl (C=O) groups is 1. The molecule has 43 heavy (non-hydrogen) atoms. The normalized spacial score (nSPS) is 15.0. The first-order chi connectivity index (χ1) is 20.9. The van der Waals surface area contributed by atoms with Gasteiger partial charge in [-0.05, 0) is 44.9 Å². The summed E-state index contributed by atoms with van der Waals surface area (Å²) in [7, 11) is -4.33. The van der Waals surface area contributed by atoms with Crippen molar-refractivity contribution < 1.29 is 28.4 Å². The van der Waals surface area contributed by atoms with Crippen LogP contribution in [0.3, 0.4) is 0 Å². The zero-order valence-corrected chi connectivity index (χ0v) is 28.3. The molecule has 0 saturated heterocycles. The average Bonchev–Trinajstić information content (AvgIpc) is 2.99. The highest BCUT2D eigenvalue weighted by Gasteiger charge is 2.26. The van der Waals surface area contributed by atoms with Crippen molar-refractivity contribution in [1.82, 2.24) is 5.32 Å². The van der Waals surface area contributed by atoms with Gasteiger partial charge in [0, 0.05) is 13.0 Å². The van der Waals surface area contributed by atoms with E-state index in [9.17, 15) is 19.4 Å². The molecule has 1 amide bonds. The molecule has 0 heterocycles. The molecular formula is C34H65N2O6P. The zero-order chi connectivity index (χ0) is 31.9. The molecule has 0 fully saturated rings. The van der Waals surface area contributed by atoms with E-state index >= 15 is 0 Å². The number of carbonyl (C=O) groups excluding carboxylic acids is 1.